The Morgan fingerprint density at radius 2 is 2.00 bits per heavy atom. The molecule has 5 nitrogen and oxygen atoms in total. The maximum Gasteiger partial charge on any atom is 0.0895 e. The van der Waals surface area contributed by atoms with Crippen molar-refractivity contribution in [1.29, 1.82) is 0 Å². The van der Waals surface area contributed by atoms with Gasteiger partial charge in [0.25, 0.3) is 0 Å². The number of nitrogens with zero attached hydrogens (tertiary/aromatic N) is 5. The lowest BCUT2D eigenvalue weighted by Gasteiger charge is -2.22. The van der Waals surface area contributed by atoms with Gasteiger partial charge in [0.2, 0.25) is 0 Å². The first-order valence-corrected chi connectivity index (χ1v) is 6.27. The van der Waals surface area contributed by atoms with Crippen LogP contribution in [-0.4, -0.2) is 19.4 Å². The molecule has 2 rings (SSSR count). The van der Waals surface area contributed by atoms with Crippen LogP contribution in [-0.2, 0) is 12.8 Å². The van der Waals surface area contributed by atoms with E-state index >= 15 is 0 Å². The highest BCUT2D eigenvalue weighted by atomic mass is 15.2. The number of aliphatic imine (C=N–C) groups is 1. The monoisotopic (exact) mass is 243 g/mol. The summed E-state index contributed by atoms with van der Waals surface area (Å²) in [5, 5.41) is 3.72. The van der Waals surface area contributed by atoms with Gasteiger partial charge in [-0.15, -0.1) is 0 Å². The van der Waals surface area contributed by atoms with Crippen LogP contribution in [0.5, 0.6) is 0 Å². The van der Waals surface area contributed by atoms with Gasteiger partial charge in [-0.2, -0.15) is 0 Å². The van der Waals surface area contributed by atoms with E-state index < -0.39 is 0 Å². The third kappa shape index (κ3) is 2.31. The molecule has 0 spiro atoms. The van der Waals surface area contributed by atoms with E-state index in [9.17, 15) is 0 Å². The van der Waals surface area contributed by atoms with Crippen LogP contribution in [0.25, 0.3) is 10.4 Å². The number of hydrogen-bond donors (Lipinski definition) is 0. The second-order valence-corrected chi connectivity index (χ2v) is 4.22. The van der Waals surface area contributed by atoms with Crippen LogP contribution in [0.1, 0.15) is 25.0 Å². The Hall–Kier alpha value is -2.00. The van der Waals surface area contributed by atoms with Gasteiger partial charge < -0.3 is 4.90 Å². The minimum Gasteiger partial charge on any atom is -0.330 e. The van der Waals surface area contributed by atoms with Crippen LogP contribution in [0, 0.1) is 0 Å². The third-order valence-corrected chi connectivity index (χ3v) is 3.15. The van der Waals surface area contributed by atoms with Gasteiger partial charge in [-0.05, 0) is 41.6 Å². The molecule has 0 atom stereocenters. The van der Waals surface area contributed by atoms with E-state index in [1.807, 2.05) is 18.5 Å². The molecule has 1 aliphatic rings. The van der Waals surface area contributed by atoms with E-state index in [0.29, 0.717) is 5.69 Å². The molecule has 0 aromatic heterocycles. The third-order valence-electron chi connectivity index (χ3n) is 3.15. The Morgan fingerprint density at radius 1 is 1.33 bits per heavy atom. The Labute approximate surface area is 107 Å². The average Bonchev–Trinajstić information content (AvgIpc) is 2.91. The molecule has 0 bridgehead atoms. The maximum absolute atomic E-state index is 8.55. The van der Waals surface area contributed by atoms with Crippen molar-refractivity contribution in [3.05, 3.63) is 33.7 Å². The highest BCUT2D eigenvalue weighted by Crippen LogP contribution is 2.32. The van der Waals surface area contributed by atoms with Gasteiger partial charge in [0.05, 0.1) is 12.9 Å². The molecule has 0 saturated heterocycles. The van der Waals surface area contributed by atoms with E-state index in [1.165, 1.54) is 16.8 Å². The van der Waals surface area contributed by atoms with Gasteiger partial charge in [-0.25, -0.2) is 0 Å². The zero-order valence-electron chi connectivity index (χ0n) is 10.8. The van der Waals surface area contributed by atoms with Crippen molar-refractivity contribution in [2.75, 3.05) is 18.0 Å². The number of azide groups is 1. The van der Waals surface area contributed by atoms with Gasteiger partial charge in [-0.1, -0.05) is 19.0 Å². The van der Waals surface area contributed by atoms with Crippen LogP contribution in [0.15, 0.2) is 22.2 Å². The number of rotatable bonds is 4. The van der Waals surface area contributed by atoms with Crippen LogP contribution in [0.4, 0.5) is 11.4 Å². The second kappa shape index (κ2) is 5.56. The number of benzene rings is 1. The quantitative estimate of drug-likeness (QED) is 0.452. The largest absolute Gasteiger partial charge is 0.330 e. The summed E-state index contributed by atoms with van der Waals surface area (Å²) in [4.78, 5) is 9.33. The molecule has 18 heavy (non-hydrogen) atoms. The summed E-state index contributed by atoms with van der Waals surface area (Å²) < 4.78 is 0. The first-order valence-electron chi connectivity index (χ1n) is 6.27. The van der Waals surface area contributed by atoms with E-state index in [4.69, 9.17) is 5.53 Å². The fourth-order valence-electron chi connectivity index (χ4n) is 2.31. The van der Waals surface area contributed by atoms with Crippen LogP contribution in [0.3, 0.4) is 0 Å². The maximum atomic E-state index is 8.55. The highest BCUT2D eigenvalue weighted by molar-refractivity contribution is 5.85. The predicted molar refractivity (Wildman–Crippen MR) is 74.7 cm³/mol. The Kier molecular flexibility index (Phi) is 3.85. The summed E-state index contributed by atoms with van der Waals surface area (Å²) in [6.45, 7) is 6.02. The molecule has 94 valence electrons. The van der Waals surface area contributed by atoms with Crippen LogP contribution >= 0.6 is 0 Å². The molecule has 1 aromatic rings. The van der Waals surface area contributed by atoms with E-state index in [1.54, 1.807) is 0 Å². The van der Waals surface area contributed by atoms with Gasteiger partial charge in [0.15, 0.2) is 0 Å². The normalized spacial score (nSPS) is 13.8. The fourth-order valence-corrected chi connectivity index (χ4v) is 2.31. The summed E-state index contributed by atoms with van der Waals surface area (Å²) in [6.07, 6.45) is 3.74. The molecule has 1 aliphatic heterocycles. The summed E-state index contributed by atoms with van der Waals surface area (Å²) in [6, 6.07) is 3.95. The first-order chi connectivity index (χ1) is 8.80. The fraction of sp³-hybridized carbons (Fsp3) is 0.462. The lowest BCUT2D eigenvalue weighted by atomic mass is 10.0. The minimum absolute atomic E-state index is 0.700. The van der Waals surface area contributed by atoms with Crippen molar-refractivity contribution in [2.45, 2.75) is 26.7 Å². The van der Waals surface area contributed by atoms with Crippen LogP contribution in [0.2, 0.25) is 0 Å². The summed E-state index contributed by atoms with van der Waals surface area (Å²) in [5.74, 6) is 0. The Bertz CT molecular complexity index is 489. The standard InChI is InChI=1S/C13H17N5/c1-3-10-7-12(16-17-14)8-11(4-2)13(10)18-6-5-15-9-18/h7-9H,3-6H2,1-2H3. The van der Waals surface area contributed by atoms with Crippen molar-refractivity contribution in [2.24, 2.45) is 10.1 Å². The van der Waals surface area contributed by atoms with E-state index in [2.05, 4.69) is 33.8 Å². The molecule has 0 fully saturated rings. The Morgan fingerprint density at radius 3 is 2.44 bits per heavy atom. The molecule has 0 radical (unpaired) electrons. The molecule has 1 heterocycles. The van der Waals surface area contributed by atoms with Gasteiger partial charge in [0, 0.05) is 22.8 Å². The lowest BCUT2D eigenvalue weighted by Crippen LogP contribution is -2.21. The molecule has 0 unspecified atom stereocenters. The van der Waals surface area contributed by atoms with Gasteiger partial charge in [0.1, 0.15) is 0 Å². The molecule has 1 aromatic carbocycles. The smallest absolute Gasteiger partial charge is 0.0895 e. The number of hydrogen-bond acceptors (Lipinski definition) is 3. The highest BCUT2D eigenvalue weighted by Gasteiger charge is 2.16. The van der Waals surface area contributed by atoms with E-state index in [-0.39, 0.29) is 0 Å². The molecule has 0 N–H and O–H groups in total. The first kappa shape index (κ1) is 12.5. The van der Waals surface area contributed by atoms with E-state index in [0.717, 1.165) is 25.9 Å². The van der Waals surface area contributed by atoms with Crippen molar-refractivity contribution >= 4 is 17.7 Å². The molecular weight excluding hydrogens is 226 g/mol. The zero-order valence-corrected chi connectivity index (χ0v) is 10.8. The van der Waals surface area contributed by atoms with Crippen LogP contribution < -0.4 is 4.90 Å². The predicted octanol–water partition coefficient (Wildman–Crippen LogP) is 3.60. The van der Waals surface area contributed by atoms with Crippen molar-refractivity contribution in [1.82, 2.24) is 0 Å². The average molecular weight is 243 g/mol. The SMILES string of the molecule is CCc1cc(N=[N+]=[N-])cc(CC)c1N1C=NCC1. The molecule has 0 saturated carbocycles. The molecule has 5 heteroatoms. The molecular formula is C13H17N5. The van der Waals surface area contributed by atoms with Gasteiger partial charge >= 0.3 is 0 Å². The molecule has 0 aliphatic carbocycles. The minimum atomic E-state index is 0.700. The molecule has 0 amide bonds. The number of anilines is 1. The van der Waals surface area contributed by atoms with Gasteiger partial charge in [-0.3, -0.25) is 4.99 Å². The zero-order chi connectivity index (χ0) is 13.0. The van der Waals surface area contributed by atoms with Crippen molar-refractivity contribution in [3.63, 3.8) is 0 Å². The summed E-state index contributed by atoms with van der Waals surface area (Å²) >= 11 is 0. The summed E-state index contributed by atoms with van der Waals surface area (Å²) in [7, 11) is 0. The lowest BCUT2D eigenvalue weighted by molar-refractivity contribution is 0.984. The summed E-state index contributed by atoms with van der Waals surface area (Å²) in [5.41, 5.74) is 12.9. The topological polar surface area (TPSA) is 64.4 Å². The second-order valence-electron chi connectivity index (χ2n) is 4.22. The van der Waals surface area contributed by atoms with Crippen molar-refractivity contribution < 1.29 is 0 Å². The van der Waals surface area contributed by atoms with Crippen molar-refractivity contribution in [3.8, 4) is 0 Å². The Balaban J connectivity index is 2.54. The number of aryl methyl sites for hydroxylation is 2.